The third-order valence-corrected chi connectivity index (χ3v) is 5.33. The molecule has 0 bridgehead atoms. The van der Waals surface area contributed by atoms with Crippen LogP contribution in [0.3, 0.4) is 0 Å². The Morgan fingerprint density at radius 2 is 2.12 bits per heavy atom. The molecule has 4 rings (SSSR count). The maximum atomic E-state index is 12.6. The van der Waals surface area contributed by atoms with Crippen LogP contribution in [0.1, 0.15) is 18.0 Å². The molecule has 0 aliphatic carbocycles. The fraction of sp³-hybridized carbons (Fsp3) is 0.125. The van der Waals surface area contributed by atoms with Crippen molar-refractivity contribution in [3.05, 3.63) is 58.4 Å². The molecule has 1 atom stereocenters. The summed E-state index contributed by atoms with van der Waals surface area (Å²) >= 11 is 2.88. The number of fused-ring (bicyclic) bond motifs is 1. The van der Waals surface area contributed by atoms with E-state index < -0.39 is 0 Å². The molecule has 0 aromatic carbocycles. The molecule has 0 fully saturated rings. The van der Waals surface area contributed by atoms with Gasteiger partial charge in [-0.15, -0.1) is 11.3 Å². The number of hydrogen-bond acceptors (Lipinski definition) is 7. The molecule has 4 aromatic rings. The molecule has 0 radical (unpaired) electrons. The molecule has 24 heavy (non-hydrogen) atoms. The third-order valence-electron chi connectivity index (χ3n) is 3.46. The van der Waals surface area contributed by atoms with E-state index in [1.165, 1.54) is 23.1 Å². The zero-order valence-corrected chi connectivity index (χ0v) is 14.2. The van der Waals surface area contributed by atoms with Crippen LogP contribution in [0.5, 0.6) is 0 Å². The maximum Gasteiger partial charge on any atom is 0.260 e. The van der Waals surface area contributed by atoms with Crippen molar-refractivity contribution < 1.29 is 4.42 Å². The van der Waals surface area contributed by atoms with Gasteiger partial charge < -0.3 is 9.40 Å². The number of furan rings is 1. The van der Waals surface area contributed by atoms with Gasteiger partial charge in [-0.1, -0.05) is 11.8 Å². The fourth-order valence-corrected chi connectivity index (χ4v) is 4.05. The van der Waals surface area contributed by atoms with E-state index in [0.29, 0.717) is 27.0 Å². The van der Waals surface area contributed by atoms with Crippen molar-refractivity contribution in [3.63, 3.8) is 0 Å². The van der Waals surface area contributed by atoms with Crippen molar-refractivity contribution in [2.45, 2.75) is 17.3 Å². The van der Waals surface area contributed by atoms with Crippen molar-refractivity contribution >= 4 is 33.3 Å². The molecule has 0 spiro atoms. The zero-order chi connectivity index (χ0) is 16.5. The van der Waals surface area contributed by atoms with Gasteiger partial charge in [-0.05, 0) is 25.1 Å². The second-order valence-corrected chi connectivity index (χ2v) is 7.22. The Morgan fingerprint density at radius 1 is 1.29 bits per heavy atom. The lowest BCUT2D eigenvalue weighted by molar-refractivity contribution is 0.583. The van der Waals surface area contributed by atoms with Crippen molar-refractivity contribution in [1.29, 1.82) is 0 Å². The number of thiophene rings is 1. The largest absolute Gasteiger partial charge is 0.464 e. The summed E-state index contributed by atoms with van der Waals surface area (Å²) in [5, 5.41) is 3.04. The van der Waals surface area contributed by atoms with Crippen LogP contribution < -0.4 is 5.56 Å². The zero-order valence-electron chi connectivity index (χ0n) is 12.6. The van der Waals surface area contributed by atoms with Crippen LogP contribution in [-0.2, 0) is 0 Å². The highest BCUT2D eigenvalue weighted by Gasteiger charge is 2.18. The van der Waals surface area contributed by atoms with Crippen molar-refractivity contribution in [3.8, 4) is 11.3 Å². The predicted octanol–water partition coefficient (Wildman–Crippen LogP) is 3.89. The quantitative estimate of drug-likeness (QED) is 0.441. The monoisotopic (exact) mass is 356 g/mol. The van der Waals surface area contributed by atoms with Gasteiger partial charge in [-0.3, -0.25) is 4.79 Å². The van der Waals surface area contributed by atoms with Crippen molar-refractivity contribution in [2.75, 3.05) is 0 Å². The molecule has 6 nitrogen and oxygen atoms in total. The van der Waals surface area contributed by atoms with Crippen molar-refractivity contribution in [2.24, 2.45) is 0 Å². The minimum atomic E-state index is -0.163. The Bertz CT molecular complexity index is 1030. The van der Waals surface area contributed by atoms with E-state index >= 15 is 0 Å². The molecule has 8 heteroatoms. The first-order chi connectivity index (χ1) is 11.7. The van der Waals surface area contributed by atoms with Gasteiger partial charge in [0.2, 0.25) is 0 Å². The summed E-state index contributed by atoms with van der Waals surface area (Å²) in [7, 11) is 0. The number of nitrogens with one attached hydrogen (secondary N) is 1. The molecule has 120 valence electrons. The molecule has 0 saturated heterocycles. The van der Waals surface area contributed by atoms with Gasteiger partial charge in [0.1, 0.15) is 16.4 Å². The van der Waals surface area contributed by atoms with E-state index in [4.69, 9.17) is 4.42 Å². The van der Waals surface area contributed by atoms with Crippen LogP contribution in [0, 0.1) is 0 Å². The number of H-pyrrole nitrogens is 1. The van der Waals surface area contributed by atoms with Gasteiger partial charge in [0.05, 0.1) is 16.9 Å². The Labute approximate surface area is 145 Å². The Kier molecular flexibility index (Phi) is 3.91. The third kappa shape index (κ3) is 2.74. The number of nitrogens with zero attached hydrogens (tertiary/aromatic N) is 3. The molecule has 0 amide bonds. The summed E-state index contributed by atoms with van der Waals surface area (Å²) in [6.07, 6.45) is 4.97. The topological polar surface area (TPSA) is 84.7 Å². The summed E-state index contributed by atoms with van der Waals surface area (Å²) in [6.45, 7) is 1.96. The molecule has 0 saturated carbocycles. The summed E-state index contributed by atoms with van der Waals surface area (Å²) < 4.78 is 5.40. The number of aromatic amines is 1. The normalized spacial score (nSPS) is 12.5. The van der Waals surface area contributed by atoms with Gasteiger partial charge in [0.25, 0.3) is 5.56 Å². The molecule has 0 aliphatic heterocycles. The summed E-state index contributed by atoms with van der Waals surface area (Å²) in [6, 6.07) is 5.40. The number of aromatic nitrogens is 4. The average Bonchev–Trinajstić information content (AvgIpc) is 3.24. The predicted molar refractivity (Wildman–Crippen MR) is 94.2 cm³/mol. The molecular weight excluding hydrogens is 344 g/mol. The minimum Gasteiger partial charge on any atom is -0.464 e. The van der Waals surface area contributed by atoms with Gasteiger partial charge >= 0.3 is 0 Å². The number of rotatable bonds is 4. The van der Waals surface area contributed by atoms with Gasteiger partial charge in [-0.2, -0.15) is 0 Å². The smallest absolute Gasteiger partial charge is 0.260 e. The van der Waals surface area contributed by atoms with E-state index in [1.807, 2.05) is 18.4 Å². The van der Waals surface area contributed by atoms with E-state index in [0.717, 1.165) is 5.56 Å². The average molecular weight is 356 g/mol. The lowest BCUT2D eigenvalue weighted by Crippen LogP contribution is -2.12. The molecule has 0 aliphatic rings. The lowest BCUT2D eigenvalue weighted by Gasteiger charge is -2.09. The van der Waals surface area contributed by atoms with Gasteiger partial charge in [-0.25, -0.2) is 15.0 Å². The summed E-state index contributed by atoms with van der Waals surface area (Å²) in [5.41, 5.74) is 0.607. The minimum absolute atomic E-state index is 0.0707. The van der Waals surface area contributed by atoms with Gasteiger partial charge in [0, 0.05) is 23.3 Å². The highest BCUT2D eigenvalue weighted by molar-refractivity contribution is 7.99. The van der Waals surface area contributed by atoms with E-state index in [9.17, 15) is 4.79 Å². The van der Waals surface area contributed by atoms with E-state index in [-0.39, 0.29) is 10.8 Å². The molecular formula is C16H12N4O2S2. The summed E-state index contributed by atoms with van der Waals surface area (Å²) in [4.78, 5) is 29.1. The first kappa shape index (κ1) is 15.1. The fourth-order valence-electron chi connectivity index (χ4n) is 2.33. The standard InChI is InChI=1S/C16H12N4O2S2/c1-9(24-16-17-5-3-6-18-16)13-19-14(21)12-10(8-23-15(12)20-13)11-4-2-7-22-11/h2-9H,1H3,(H,19,20,21)/t9-/m1/s1. The van der Waals surface area contributed by atoms with Crippen LogP contribution in [0.2, 0.25) is 0 Å². The SMILES string of the molecule is C[C@@H](Sc1ncccn1)c1nc2scc(-c3ccco3)c2c(=O)[nH]1. The maximum absolute atomic E-state index is 12.6. The van der Waals surface area contributed by atoms with Crippen LogP contribution in [0.15, 0.2) is 56.6 Å². The van der Waals surface area contributed by atoms with Crippen LogP contribution in [0.4, 0.5) is 0 Å². The second kappa shape index (κ2) is 6.21. The Morgan fingerprint density at radius 3 is 2.88 bits per heavy atom. The highest BCUT2D eigenvalue weighted by atomic mass is 32.2. The first-order valence-electron chi connectivity index (χ1n) is 7.21. The van der Waals surface area contributed by atoms with E-state index in [2.05, 4.69) is 19.9 Å². The van der Waals surface area contributed by atoms with Crippen LogP contribution in [-0.4, -0.2) is 19.9 Å². The van der Waals surface area contributed by atoms with E-state index in [1.54, 1.807) is 30.8 Å². The van der Waals surface area contributed by atoms with Crippen molar-refractivity contribution in [1.82, 2.24) is 19.9 Å². The highest BCUT2D eigenvalue weighted by Crippen LogP contribution is 2.34. The Balaban J connectivity index is 1.72. The Hall–Kier alpha value is -2.45. The first-order valence-corrected chi connectivity index (χ1v) is 8.97. The molecule has 4 aromatic heterocycles. The van der Waals surface area contributed by atoms with Crippen LogP contribution in [0.25, 0.3) is 21.5 Å². The summed E-state index contributed by atoms with van der Waals surface area (Å²) in [5.74, 6) is 1.28. The lowest BCUT2D eigenvalue weighted by atomic mass is 10.2. The molecule has 0 unspecified atom stereocenters. The molecule has 4 heterocycles. The van der Waals surface area contributed by atoms with Gasteiger partial charge in [0.15, 0.2) is 5.16 Å². The molecule has 1 N–H and O–H groups in total. The number of hydrogen-bond donors (Lipinski definition) is 1. The second-order valence-electron chi connectivity index (χ2n) is 5.05. The van der Waals surface area contributed by atoms with Crippen LogP contribution >= 0.6 is 23.1 Å². The number of thioether (sulfide) groups is 1.